The molecule has 0 bridgehead atoms. The summed E-state index contributed by atoms with van der Waals surface area (Å²) in [7, 11) is 0. The van der Waals surface area contributed by atoms with Crippen LogP contribution >= 0.6 is 0 Å². The summed E-state index contributed by atoms with van der Waals surface area (Å²) in [5, 5.41) is 6.99. The predicted molar refractivity (Wildman–Crippen MR) is 88.7 cm³/mol. The summed E-state index contributed by atoms with van der Waals surface area (Å²) >= 11 is 0. The Morgan fingerprint density at radius 3 is 2.40 bits per heavy atom. The lowest BCUT2D eigenvalue weighted by Gasteiger charge is -2.35. The van der Waals surface area contributed by atoms with Crippen molar-refractivity contribution < 1.29 is 0 Å². The molecule has 0 aromatic carbocycles. The van der Waals surface area contributed by atoms with Gasteiger partial charge in [-0.05, 0) is 24.2 Å². The van der Waals surface area contributed by atoms with Gasteiger partial charge in [0.25, 0.3) is 0 Å². The van der Waals surface area contributed by atoms with Gasteiger partial charge in [0.05, 0.1) is 0 Å². The van der Waals surface area contributed by atoms with Crippen LogP contribution in [0.25, 0.3) is 0 Å². The first-order chi connectivity index (χ1) is 9.33. The molecule has 3 nitrogen and oxygen atoms in total. The summed E-state index contributed by atoms with van der Waals surface area (Å²) in [4.78, 5) is 2.44. The fraction of sp³-hybridized carbons (Fsp3) is 0.941. The van der Waals surface area contributed by atoms with Crippen molar-refractivity contribution in [3.05, 3.63) is 0 Å². The van der Waals surface area contributed by atoms with E-state index >= 15 is 0 Å². The Hall–Kier alpha value is -0.730. The summed E-state index contributed by atoms with van der Waals surface area (Å²) in [5.41, 5.74) is 0.343. The molecule has 0 amide bonds. The van der Waals surface area contributed by atoms with Crippen LogP contribution in [0.4, 0.5) is 0 Å². The molecule has 0 fully saturated rings. The summed E-state index contributed by atoms with van der Waals surface area (Å²) in [6, 6.07) is 0. The van der Waals surface area contributed by atoms with E-state index in [0.717, 1.165) is 13.1 Å². The SMILES string of the molecule is CCCCCCN1N=CN(CC(C)C)C1CC(C)(C)C. The molecule has 0 aromatic heterocycles. The summed E-state index contributed by atoms with van der Waals surface area (Å²) in [6.07, 6.45) is 8.93. The van der Waals surface area contributed by atoms with E-state index in [4.69, 9.17) is 0 Å². The summed E-state index contributed by atoms with van der Waals surface area (Å²) in [6.45, 7) is 16.0. The van der Waals surface area contributed by atoms with Gasteiger partial charge in [-0.2, -0.15) is 5.10 Å². The number of hydrogen-bond donors (Lipinski definition) is 0. The highest BCUT2D eigenvalue weighted by Crippen LogP contribution is 2.28. The minimum absolute atomic E-state index is 0.343. The predicted octanol–water partition coefficient (Wildman–Crippen LogP) is 4.55. The molecule has 0 saturated carbocycles. The van der Waals surface area contributed by atoms with Crippen LogP contribution in [-0.2, 0) is 0 Å². The van der Waals surface area contributed by atoms with E-state index in [1.165, 1.54) is 32.1 Å². The van der Waals surface area contributed by atoms with E-state index in [9.17, 15) is 0 Å². The van der Waals surface area contributed by atoms with Gasteiger partial charge in [-0.25, -0.2) is 0 Å². The molecule has 1 aliphatic heterocycles. The second kappa shape index (κ2) is 7.90. The number of unbranched alkanes of at least 4 members (excludes halogenated alkanes) is 3. The molecule has 1 heterocycles. The minimum atomic E-state index is 0.343. The van der Waals surface area contributed by atoms with E-state index in [-0.39, 0.29) is 0 Å². The van der Waals surface area contributed by atoms with Crippen LogP contribution in [0.1, 0.15) is 73.6 Å². The van der Waals surface area contributed by atoms with Gasteiger partial charge in [-0.15, -0.1) is 0 Å². The molecule has 0 saturated heterocycles. The number of rotatable bonds is 8. The molecule has 3 heteroatoms. The fourth-order valence-corrected chi connectivity index (χ4v) is 2.73. The van der Waals surface area contributed by atoms with Gasteiger partial charge in [-0.3, -0.25) is 5.01 Å². The van der Waals surface area contributed by atoms with Crippen LogP contribution in [0.2, 0.25) is 0 Å². The smallest absolute Gasteiger partial charge is 0.119 e. The fourth-order valence-electron chi connectivity index (χ4n) is 2.73. The van der Waals surface area contributed by atoms with Crippen molar-refractivity contribution in [3.63, 3.8) is 0 Å². The first kappa shape index (κ1) is 17.3. The van der Waals surface area contributed by atoms with Crippen LogP contribution in [0.3, 0.4) is 0 Å². The summed E-state index contributed by atoms with van der Waals surface area (Å²) < 4.78 is 0. The zero-order valence-corrected chi connectivity index (χ0v) is 14.5. The standard InChI is InChI=1S/C17H35N3/c1-7-8-9-10-11-20-16(12-17(4,5)6)19(14-18-20)13-15(2)3/h14-16H,7-13H2,1-6H3. The van der Waals surface area contributed by atoms with Crippen molar-refractivity contribution in [2.24, 2.45) is 16.4 Å². The second-order valence-corrected chi connectivity index (χ2v) is 7.79. The van der Waals surface area contributed by atoms with Gasteiger partial charge in [0.1, 0.15) is 12.5 Å². The van der Waals surface area contributed by atoms with Gasteiger partial charge in [0.2, 0.25) is 0 Å². The third-order valence-corrected chi connectivity index (χ3v) is 3.69. The Labute approximate surface area is 126 Å². The molecule has 0 aliphatic carbocycles. The summed E-state index contributed by atoms with van der Waals surface area (Å²) in [5.74, 6) is 0.684. The zero-order valence-electron chi connectivity index (χ0n) is 14.5. The van der Waals surface area contributed by atoms with Crippen LogP contribution < -0.4 is 0 Å². The molecule has 118 valence electrons. The lowest BCUT2D eigenvalue weighted by molar-refractivity contribution is 0.0811. The van der Waals surface area contributed by atoms with E-state index in [1.807, 2.05) is 0 Å². The first-order valence-electron chi connectivity index (χ1n) is 8.40. The number of hydrazone groups is 1. The lowest BCUT2D eigenvalue weighted by Crippen LogP contribution is -2.43. The third kappa shape index (κ3) is 6.15. The van der Waals surface area contributed by atoms with E-state index in [2.05, 4.69) is 62.9 Å². The molecule has 20 heavy (non-hydrogen) atoms. The minimum Gasteiger partial charge on any atom is -0.339 e. The highest BCUT2D eigenvalue weighted by Gasteiger charge is 2.31. The molecule has 0 N–H and O–H groups in total. The molecular formula is C17H35N3. The average molecular weight is 281 g/mol. The van der Waals surface area contributed by atoms with E-state index < -0.39 is 0 Å². The normalized spacial score (nSPS) is 19.4. The largest absolute Gasteiger partial charge is 0.339 e. The van der Waals surface area contributed by atoms with Crippen LogP contribution in [0.15, 0.2) is 5.10 Å². The molecule has 1 unspecified atom stereocenters. The number of nitrogens with zero attached hydrogens (tertiary/aromatic N) is 3. The molecule has 0 aromatic rings. The van der Waals surface area contributed by atoms with Gasteiger partial charge < -0.3 is 4.90 Å². The highest BCUT2D eigenvalue weighted by molar-refractivity contribution is 5.57. The van der Waals surface area contributed by atoms with Gasteiger partial charge in [0.15, 0.2) is 0 Å². The highest BCUT2D eigenvalue weighted by atomic mass is 15.6. The Kier molecular flexibility index (Phi) is 6.84. The molecule has 0 radical (unpaired) electrons. The Bertz CT molecular complexity index is 291. The third-order valence-electron chi connectivity index (χ3n) is 3.69. The Balaban J connectivity index is 2.56. The Morgan fingerprint density at radius 1 is 1.15 bits per heavy atom. The molecular weight excluding hydrogens is 246 g/mol. The van der Waals surface area contributed by atoms with E-state index in [0.29, 0.717) is 17.5 Å². The maximum atomic E-state index is 4.67. The molecule has 0 spiro atoms. The van der Waals surface area contributed by atoms with Crippen molar-refractivity contribution in [2.45, 2.75) is 79.8 Å². The monoisotopic (exact) mass is 281 g/mol. The lowest BCUT2D eigenvalue weighted by atomic mass is 9.90. The quantitative estimate of drug-likeness (QED) is 0.608. The van der Waals surface area contributed by atoms with E-state index in [1.54, 1.807) is 0 Å². The molecule has 1 aliphatic rings. The van der Waals surface area contributed by atoms with Gasteiger partial charge in [-0.1, -0.05) is 60.8 Å². The molecule has 1 rings (SSSR count). The van der Waals surface area contributed by atoms with Crippen LogP contribution in [0, 0.1) is 11.3 Å². The van der Waals surface area contributed by atoms with Crippen molar-refractivity contribution in [2.75, 3.05) is 13.1 Å². The maximum Gasteiger partial charge on any atom is 0.119 e. The van der Waals surface area contributed by atoms with Crippen molar-refractivity contribution in [1.29, 1.82) is 0 Å². The second-order valence-electron chi connectivity index (χ2n) is 7.79. The van der Waals surface area contributed by atoms with Gasteiger partial charge in [0, 0.05) is 13.1 Å². The van der Waals surface area contributed by atoms with Gasteiger partial charge >= 0.3 is 0 Å². The first-order valence-corrected chi connectivity index (χ1v) is 8.40. The maximum absolute atomic E-state index is 4.67. The van der Waals surface area contributed by atoms with Crippen molar-refractivity contribution >= 4 is 6.34 Å². The zero-order chi connectivity index (χ0) is 15.2. The number of hydrogen-bond acceptors (Lipinski definition) is 3. The Morgan fingerprint density at radius 2 is 1.85 bits per heavy atom. The van der Waals surface area contributed by atoms with Crippen molar-refractivity contribution in [1.82, 2.24) is 9.91 Å². The molecule has 1 atom stereocenters. The topological polar surface area (TPSA) is 18.8 Å². The average Bonchev–Trinajstić information content (AvgIpc) is 2.65. The van der Waals surface area contributed by atoms with Crippen LogP contribution in [-0.4, -0.2) is 35.5 Å². The van der Waals surface area contributed by atoms with Crippen molar-refractivity contribution in [3.8, 4) is 0 Å². The van der Waals surface area contributed by atoms with Crippen LogP contribution in [0.5, 0.6) is 0 Å².